The van der Waals surface area contributed by atoms with Crippen LogP contribution in [0.1, 0.15) is 13.8 Å². The molecule has 0 aliphatic heterocycles. The highest BCUT2D eigenvalue weighted by Crippen LogP contribution is 2.24. The van der Waals surface area contributed by atoms with E-state index >= 15 is 0 Å². The van der Waals surface area contributed by atoms with E-state index in [2.05, 4.69) is 9.46 Å². The molecule has 1 aromatic rings. The topological polar surface area (TPSA) is 98.5 Å². The second-order valence-corrected chi connectivity index (χ2v) is 6.65. The molecule has 0 aliphatic rings. The van der Waals surface area contributed by atoms with E-state index < -0.39 is 22.0 Å². The number of methoxy groups -OCH3 is 1. The smallest absolute Gasteiger partial charge is 0.324 e. The lowest BCUT2D eigenvalue weighted by atomic mass is 10.1. The van der Waals surface area contributed by atoms with Crippen molar-refractivity contribution in [2.24, 2.45) is 5.92 Å². The van der Waals surface area contributed by atoms with Crippen LogP contribution in [-0.2, 0) is 19.6 Å². The van der Waals surface area contributed by atoms with Gasteiger partial charge in [-0.3, -0.25) is 4.79 Å². The number of sulfonamides is 1. The van der Waals surface area contributed by atoms with Gasteiger partial charge in [0.2, 0.25) is 10.0 Å². The quantitative estimate of drug-likeness (QED) is 0.631. The van der Waals surface area contributed by atoms with Crippen LogP contribution < -0.4 is 10.5 Å². The Balaban J connectivity index is 3.16. The minimum Gasteiger partial charge on any atom is -0.468 e. The number of rotatable bonds is 5. The number of nitrogens with one attached hydrogen (secondary N) is 1. The predicted molar refractivity (Wildman–Crippen MR) is 76.8 cm³/mol. The number of hydrogen-bond acceptors (Lipinski definition) is 5. The van der Waals surface area contributed by atoms with Crippen molar-refractivity contribution in [3.05, 3.63) is 23.2 Å². The summed E-state index contributed by atoms with van der Waals surface area (Å²) >= 11 is 5.87. The summed E-state index contributed by atoms with van der Waals surface area (Å²) in [6, 6.07) is 3.11. The number of anilines is 1. The van der Waals surface area contributed by atoms with Gasteiger partial charge in [-0.15, -0.1) is 0 Å². The standard InChI is InChI=1S/C12H17ClN2O4S/c1-7(2)11(12(16)19-3)15-20(17,18)10-6-8(14)4-5-9(10)13/h4-7,11,15H,14H2,1-3H3. The van der Waals surface area contributed by atoms with Gasteiger partial charge in [0.05, 0.1) is 12.1 Å². The number of carbonyl (C=O) groups excluding carboxylic acids is 1. The zero-order chi connectivity index (χ0) is 15.5. The molecule has 0 radical (unpaired) electrons. The lowest BCUT2D eigenvalue weighted by Crippen LogP contribution is -2.44. The lowest BCUT2D eigenvalue weighted by Gasteiger charge is -2.20. The van der Waals surface area contributed by atoms with Crippen LogP contribution in [-0.4, -0.2) is 27.5 Å². The first-order valence-electron chi connectivity index (χ1n) is 5.84. The van der Waals surface area contributed by atoms with Gasteiger partial charge in [0.25, 0.3) is 0 Å². The van der Waals surface area contributed by atoms with Crippen molar-refractivity contribution in [2.45, 2.75) is 24.8 Å². The van der Waals surface area contributed by atoms with Crippen molar-refractivity contribution in [1.82, 2.24) is 4.72 Å². The molecule has 1 atom stereocenters. The highest BCUT2D eigenvalue weighted by molar-refractivity contribution is 7.89. The second-order valence-electron chi connectivity index (χ2n) is 4.56. The largest absolute Gasteiger partial charge is 0.468 e. The maximum absolute atomic E-state index is 12.3. The Kier molecular flexibility index (Phi) is 5.38. The Morgan fingerprint density at radius 2 is 2.00 bits per heavy atom. The maximum atomic E-state index is 12.3. The van der Waals surface area contributed by atoms with Gasteiger partial charge in [0, 0.05) is 5.69 Å². The van der Waals surface area contributed by atoms with Crippen LogP contribution in [0.5, 0.6) is 0 Å². The monoisotopic (exact) mass is 320 g/mol. The molecule has 8 heteroatoms. The SMILES string of the molecule is COC(=O)C(NS(=O)(=O)c1cc(N)ccc1Cl)C(C)C. The molecule has 20 heavy (non-hydrogen) atoms. The number of esters is 1. The summed E-state index contributed by atoms with van der Waals surface area (Å²) < 4.78 is 31.4. The summed E-state index contributed by atoms with van der Waals surface area (Å²) in [6.45, 7) is 3.40. The molecule has 1 rings (SSSR count). The van der Waals surface area contributed by atoms with Crippen LogP contribution >= 0.6 is 11.6 Å². The summed E-state index contributed by atoms with van der Waals surface area (Å²) in [4.78, 5) is 11.4. The third kappa shape index (κ3) is 3.84. The Morgan fingerprint density at radius 1 is 1.40 bits per heavy atom. The van der Waals surface area contributed by atoms with Gasteiger partial charge in [-0.05, 0) is 24.1 Å². The first kappa shape index (κ1) is 16.7. The van der Waals surface area contributed by atoms with Gasteiger partial charge in [-0.1, -0.05) is 25.4 Å². The Labute approximate surface area is 123 Å². The average Bonchev–Trinajstić information content (AvgIpc) is 2.37. The summed E-state index contributed by atoms with van der Waals surface area (Å²) in [6.07, 6.45) is 0. The van der Waals surface area contributed by atoms with E-state index in [9.17, 15) is 13.2 Å². The maximum Gasteiger partial charge on any atom is 0.324 e. The predicted octanol–water partition coefficient (Wildman–Crippen LogP) is 1.40. The van der Waals surface area contributed by atoms with E-state index in [0.717, 1.165) is 0 Å². The van der Waals surface area contributed by atoms with Crippen molar-refractivity contribution in [3.63, 3.8) is 0 Å². The molecule has 6 nitrogen and oxygen atoms in total. The highest BCUT2D eigenvalue weighted by Gasteiger charge is 2.30. The van der Waals surface area contributed by atoms with Crippen LogP contribution in [0, 0.1) is 5.92 Å². The van der Waals surface area contributed by atoms with Crippen molar-refractivity contribution in [2.75, 3.05) is 12.8 Å². The van der Waals surface area contributed by atoms with E-state index in [1.54, 1.807) is 13.8 Å². The van der Waals surface area contributed by atoms with Crippen molar-refractivity contribution in [3.8, 4) is 0 Å². The van der Waals surface area contributed by atoms with Gasteiger partial charge in [0.1, 0.15) is 10.9 Å². The average molecular weight is 321 g/mol. The molecule has 0 saturated carbocycles. The van der Waals surface area contributed by atoms with E-state index in [4.69, 9.17) is 17.3 Å². The van der Waals surface area contributed by atoms with Gasteiger partial charge >= 0.3 is 5.97 Å². The number of halogens is 1. The number of ether oxygens (including phenoxy) is 1. The number of nitrogen functional groups attached to an aromatic ring is 1. The summed E-state index contributed by atoms with van der Waals surface area (Å²) in [7, 11) is -2.78. The zero-order valence-electron chi connectivity index (χ0n) is 11.4. The Bertz CT molecular complexity index is 601. The number of hydrogen-bond donors (Lipinski definition) is 2. The molecule has 0 saturated heterocycles. The van der Waals surface area contributed by atoms with Gasteiger partial charge in [0.15, 0.2) is 0 Å². The van der Waals surface area contributed by atoms with Gasteiger partial charge in [-0.2, -0.15) is 4.72 Å². The molecular formula is C12H17ClN2O4S. The number of carbonyl (C=O) groups is 1. The molecular weight excluding hydrogens is 304 g/mol. The van der Waals surface area contributed by atoms with Crippen LogP contribution in [0.3, 0.4) is 0 Å². The molecule has 1 unspecified atom stereocenters. The van der Waals surface area contributed by atoms with Gasteiger partial charge < -0.3 is 10.5 Å². The minimum absolute atomic E-state index is 0.0269. The summed E-state index contributed by atoms with van der Waals surface area (Å²) in [5.74, 6) is -0.944. The molecule has 0 spiro atoms. The zero-order valence-corrected chi connectivity index (χ0v) is 13.0. The fourth-order valence-corrected chi connectivity index (χ4v) is 3.41. The molecule has 1 aromatic carbocycles. The van der Waals surface area contributed by atoms with Crippen molar-refractivity contribution >= 4 is 33.3 Å². The number of benzene rings is 1. The first-order valence-corrected chi connectivity index (χ1v) is 7.70. The molecule has 0 bridgehead atoms. The summed E-state index contributed by atoms with van der Waals surface area (Å²) in [5.41, 5.74) is 5.82. The molecule has 0 aliphatic carbocycles. The van der Waals surface area contributed by atoms with E-state index in [-0.39, 0.29) is 21.5 Å². The molecule has 0 fully saturated rings. The van der Waals surface area contributed by atoms with Crippen LogP contribution in [0.4, 0.5) is 5.69 Å². The fraction of sp³-hybridized carbons (Fsp3) is 0.417. The summed E-state index contributed by atoms with van der Waals surface area (Å²) in [5, 5.41) is 0.0269. The van der Waals surface area contributed by atoms with Crippen LogP contribution in [0.25, 0.3) is 0 Å². The van der Waals surface area contributed by atoms with Crippen LogP contribution in [0.15, 0.2) is 23.1 Å². The van der Waals surface area contributed by atoms with Crippen molar-refractivity contribution < 1.29 is 17.9 Å². The molecule has 0 heterocycles. The van der Waals surface area contributed by atoms with E-state index in [1.807, 2.05) is 0 Å². The van der Waals surface area contributed by atoms with Crippen molar-refractivity contribution in [1.29, 1.82) is 0 Å². The third-order valence-electron chi connectivity index (χ3n) is 2.65. The van der Waals surface area contributed by atoms with E-state index in [0.29, 0.717) is 0 Å². The fourth-order valence-electron chi connectivity index (χ4n) is 1.54. The lowest BCUT2D eigenvalue weighted by molar-refractivity contribution is -0.143. The molecule has 3 N–H and O–H groups in total. The second kappa shape index (κ2) is 6.43. The first-order chi connectivity index (χ1) is 9.19. The normalized spacial score (nSPS) is 13.2. The molecule has 112 valence electrons. The molecule has 0 aromatic heterocycles. The van der Waals surface area contributed by atoms with E-state index in [1.165, 1.54) is 25.3 Å². The number of nitrogens with two attached hydrogens (primary N) is 1. The Morgan fingerprint density at radius 3 is 2.50 bits per heavy atom. The minimum atomic E-state index is -3.98. The third-order valence-corrected chi connectivity index (χ3v) is 4.57. The van der Waals surface area contributed by atoms with Gasteiger partial charge in [-0.25, -0.2) is 8.42 Å². The Hall–Kier alpha value is -1.31. The molecule has 0 amide bonds. The highest BCUT2D eigenvalue weighted by atomic mass is 35.5. The van der Waals surface area contributed by atoms with Crippen LogP contribution in [0.2, 0.25) is 5.02 Å².